The smallest absolute Gasteiger partial charge is 0.348 e. The average molecular weight is 460 g/mol. The molecule has 0 bridgehead atoms. The van der Waals surface area contributed by atoms with Gasteiger partial charge in [0.15, 0.2) is 0 Å². The summed E-state index contributed by atoms with van der Waals surface area (Å²) in [6, 6.07) is 18.3. The Morgan fingerprint density at radius 2 is 1.32 bits per heavy atom. The molecule has 8 heteroatoms. The second-order valence-electron chi connectivity index (χ2n) is 6.98. The van der Waals surface area contributed by atoms with Crippen molar-refractivity contribution in [3.63, 3.8) is 0 Å². The van der Waals surface area contributed by atoms with Crippen molar-refractivity contribution >= 4 is 24.1 Å². The van der Waals surface area contributed by atoms with Crippen molar-refractivity contribution in [3.8, 4) is 17.9 Å². The van der Waals surface area contributed by atoms with Gasteiger partial charge in [0, 0.05) is 6.54 Å². The first-order valence-electron chi connectivity index (χ1n) is 10.4. The van der Waals surface area contributed by atoms with Gasteiger partial charge in [0.1, 0.15) is 35.6 Å². The molecule has 8 nitrogen and oxygen atoms in total. The molecule has 0 aromatic heterocycles. The summed E-state index contributed by atoms with van der Waals surface area (Å²) in [6.45, 7) is 1.90. The molecular formula is C26H25N3O5. The fourth-order valence-corrected chi connectivity index (χ4v) is 2.87. The molecule has 0 aliphatic rings. The molecule has 0 aliphatic heterocycles. The van der Waals surface area contributed by atoms with Crippen molar-refractivity contribution in [2.45, 2.75) is 6.42 Å². The number of carbonyl (C=O) groups is 2. The second-order valence-corrected chi connectivity index (χ2v) is 6.98. The zero-order chi connectivity index (χ0) is 24.8. The maximum atomic E-state index is 11.5. The third-order valence-electron chi connectivity index (χ3n) is 4.67. The van der Waals surface area contributed by atoms with Gasteiger partial charge >= 0.3 is 11.9 Å². The Morgan fingerprint density at radius 1 is 0.824 bits per heavy atom. The van der Waals surface area contributed by atoms with E-state index in [0.29, 0.717) is 24.5 Å². The molecule has 0 saturated heterocycles. The van der Waals surface area contributed by atoms with Gasteiger partial charge in [0.25, 0.3) is 0 Å². The first-order chi connectivity index (χ1) is 16.5. The maximum absolute atomic E-state index is 11.5. The van der Waals surface area contributed by atoms with Gasteiger partial charge in [-0.1, -0.05) is 36.4 Å². The van der Waals surface area contributed by atoms with Crippen LogP contribution in [0.4, 0.5) is 0 Å². The predicted octanol–water partition coefficient (Wildman–Crippen LogP) is 3.06. The lowest BCUT2D eigenvalue weighted by molar-refractivity contribution is -0.136. The van der Waals surface area contributed by atoms with E-state index in [1.54, 1.807) is 24.3 Å². The Morgan fingerprint density at radius 3 is 1.79 bits per heavy atom. The summed E-state index contributed by atoms with van der Waals surface area (Å²) in [4.78, 5) is 22.9. The van der Waals surface area contributed by atoms with Gasteiger partial charge in [-0.25, -0.2) is 9.59 Å². The molecule has 0 fully saturated rings. The van der Waals surface area contributed by atoms with E-state index in [1.165, 1.54) is 26.4 Å². The molecule has 0 spiro atoms. The second kappa shape index (κ2) is 13.9. The van der Waals surface area contributed by atoms with E-state index in [0.717, 1.165) is 24.1 Å². The number of nitrogens with one attached hydrogen (secondary N) is 1. The van der Waals surface area contributed by atoms with E-state index in [4.69, 9.17) is 15.3 Å². The summed E-state index contributed by atoms with van der Waals surface area (Å²) >= 11 is 0. The monoisotopic (exact) mass is 459 g/mol. The van der Waals surface area contributed by atoms with Crippen LogP contribution in [0.2, 0.25) is 0 Å². The molecule has 2 aromatic carbocycles. The van der Waals surface area contributed by atoms with Crippen LogP contribution in [0, 0.1) is 22.7 Å². The molecule has 0 atom stereocenters. The van der Waals surface area contributed by atoms with Crippen molar-refractivity contribution in [3.05, 3.63) is 76.4 Å². The number of nitriles is 2. The number of nitrogens with zero attached hydrogens (tertiary/aromatic N) is 2. The van der Waals surface area contributed by atoms with E-state index in [2.05, 4.69) is 14.8 Å². The topological polar surface area (TPSA) is 121 Å². The maximum Gasteiger partial charge on any atom is 0.348 e. The first-order valence-corrected chi connectivity index (χ1v) is 10.4. The predicted molar refractivity (Wildman–Crippen MR) is 126 cm³/mol. The molecule has 0 heterocycles. The standard InChI is InChI=1S/C26H25N3O5/c1-32-25(30)22(17-27)15-20-5-3-19(4-6-20)11-12-29-13-14-34-24-9-7-21(8-10-24)16-23(18-28)26(31)33-2/h3-10,15-16,29H,11-14H2,1-2H3. The van der Waals surface area contributed by atoms with Crippen LogP contribution in [0.25, 0.3) is 12.2 Å². The van der Waals surface area contributed by atoms with Gasteiger partial charge in [0.2, 0.25) is 0 Å². The van der Waals surface area contributed by atoms with Gasteiger partial charge in [0.05, 0.1) is 14.2 Å². The Labute approximate surface area is 198 Å². The van der Waals surface area contributed by atoms with E-state index in [1.807, 2.05) is 36.4 Å². The van der Waals surface area contributed by atoms with Crippen LogP contribution in [0.1, 0.15) is 16.7 Å². The van der Waals surface area contributed by atoms with Crippen LogP contribution in [0.3, 0.4) is 0 Å². The number of esters is 2. The Kier molecular flexibility index (Phi) is 10.6. The number of hydrogen-bond acceptors (Lipinski definition) is 8. The fraction of sp³-hybridized carbons (Fsp3) is 0.231. The highest BCUT2D eigenvalue weighted by molar-refractivity contribution is 5.98. The number of methoxy groups -OCH3 is 2. The van der Waals surface area contributed by atoms with Gasteiger partial charge in [-0.05, 0) is 53.9 Å². The van der Waals surface area contributed by atoms with Crippen molar-refractivity contribution in [1.82, 2.24) is 5.32 Å². The van der Waals surface area contributed by atoms with E-state index in [-0.39, 0.29) is 11.1 Å². The highest BCUT2D eigenvalue weighted by Crippen LogP contribution is 2.15. The molecule has 0 aliphatic carbocycles. The summed E-state index contributed by atoms with van der Waals surface area (Å²) in [6.07, 6.45) is 3.77. The third kappa shape index (κ3) is 8.27. The number of rotatable bonds is 11. The third-order valence-corrected chi connectivity index (χ3v) is 4.67. The molecule has 34 heavy (non-hydrogen) atoms. The quantitative estimate of drug-likeness (QED) is 0.236. The van der Waals surface area contributed by atoms with Gasteiger partial charge < -0.3 is 19.5 Å². The largest absolute Gasteiger partial charge is 0.492 e. The lowest BCUT2D eigenvalue weighted by Crippen LogP contribution is -2.23. The van der Waals surface area contributed by atoms with Crippen molar-refractivity contribution in [2.24, 2.45) is 0 Å². The van der Waals surface area contributed by atoms with Crippen molar-refractivity contribution in [1.29, 1.82) is 10.5 Å². The number of ether oxygens (including phenoxy) is 3. The van der Waals surface area contributed by atoms with Gasteiger partial charge in [-0.3, -0.25) is 0 Å². The van der Waals surface area contributed by atoms with Crippen molar-refractivity contribution in [2.75, 3.05) is 33.9 Å². The fourth-order valence-electron chi connectivity index (χ4n) is 2.87. The van der Waals surface area contributed by atoms with Crippen LogP contribution in [0.15, 0.2) is 59.7 Å². The van der Waals surface area contributed by atoms with Crippen LogP contribution < -0.4 is 10.1 Å². The Bertz CT molecular complexity index is 1030. The Balaban J connectivity index is 1.73. The summed E-state index contributed by atoms with van der Waals surface area (Å²) < 4.78 is 14.8. The SMILES string of the molecule is COC(=O)C(C#N)=Cc1ccc(CCNCCOc2ccc(C=C(C#N)C(=O)OC)cc2)cc1. The molecular weight excluding hydrogens is 434 g/mol. The zero-order valence-electron chi connectivity index (χ0n) is 19.0. The first kappa shape index (κ1) is 25.9. The minimum absolute atomic E-state index is 0.0452. The minimum Gasteiger partial charge on any atom is -0.492 e. The number of benzene rings is 2. The summed E-state index contributed by atoms with van der Waals surface area (Å²) in [5.74, 6) is -0.645. The molecule has 1 N–H and O–H groups in total. The molecule has 0 unspecified atom stereocenters. The highest BCUT2D eigenvalue weighted by Gasteiger charge is 2.09. The summed E-state index contributed by atoms with van der Waals surface area (Å²) in [5.41, 5.74) is 2.45. The summed E-state index contributed by atoms with van der Waals surface area (Å²) in [7, 11) is 2.47. The van der Waals surface area contributed by atoms with E-state index in [9.17, 15) is 9.59 Å². The van der Waals surface area contributed by atoms with Gasteiger partial charge in [-0.2, -0.15) is 10.5 Å². The van der Waals surface area contributed by atoms with Crippen LogP contribution in [0.5, 0.6) is 5.75 Å². The molecule has 0 saturated carbocycles. The van der Waals surface area contributed by atoms with E-state index >= 15 is 0 Å². The zero-order valence-corrected chi connectivity index (χ0v) is 19.0. The average Bonchev–Trinajstić information content (AvgIpc) is 2.88. The van der Waals surface area contributed by atoms with Crippen LogP contribution >= 0.6 is 0 Å². The molecule has 0 amide bonds. The highest BCUT2D eigenvalue weighted by atomic mass is 16.5. The normalized spacial score (nSPS) is 11.2. The molecule has 2 aromatic rings. The van der Waals surface area contributed by atoms with Crippen LogP contribution in [-0.2, 0) is 25.5 Å². The lowest BCUT2D eigenvalue weighted by atomic mass is 10.1. The number of carbonyl (C=O) groups excluding carboxylic acids is 2. The van der Waals surface area contributed by atoms with E-state index < -0.39 is 11.9 Å². The Hall–Kier alpha value is -4.40. The lowest BCUT2D eigenvalue weighted by Gasteiger charge is -2.08. The summed E-state index contributed by atoms with van der Waals surface area (Å²) in [5, 5.41) is 21.3. The number of hydrogen-bond donors (Lipinski definition) is 1. The molecule has 174 valence electrons. The molecule has 0 radical (unpaired) electrons. The minimum atomic E-state index is -0.673. The van der Waals surface area contributed by atoms with Gasteiger partial charge in [-0.15, -0.1) is 0 Å². The molecule has 2 rings (SSSR count). The van der Waals surface area contributed by atoms with Crippen LogP contribution in [-0.4, -0.2) is 45.9 Å². The van der Waals surface area contributed by atoms with Crippen molar-refractivity contribution < 1.29 is 23.8 Å².